The SMILES string of the molecule is CCCCC(O)(CCCC)C(=O)N/N=C(/C)c1ccccc1. The van der Waals surface area contributed by atoms with Gasteiger partial charge in [-0.25, -0.2) is 5.43 Å². The Morgan fingerprint density at radius 1 is 1.14 bits per heavy atom. The number of hydrogen-bond donors (Lipinski definition) is 2. The first kappa shape index (κ1) is 18.4. The maximum Gasteiger partial charge on any atom is 0.271 e. The first-order valence-electron chi connectivity index (χ1n) is 8.16. The summed E-state index contributed by atoms with van der Waals surface area (Å²) in [6.07, 6.45) is 4.52. The monoisotopic (exact) mass is 304 g/mol. The molecule has 0 saturated heterocycles. The van der Waals surface area contributed by atoms with Crippen LogP contribution < -0.4 is 5.43 Å². The maximum atomic E-state index is 12.3. The summed E-state index contributed by atoms with van der Waals surface area (Å²) in [5.41, 5.74) is 2.90. The van der Waals surface area contributed by atoms with Crippen LogP contribution in [0.2, 0.25) is 0 Å². The van der Waals surface area contributed by atoms with Crippen LogP contribution in [0, 0.1) is 0 Å². The Hall–Kier alpha value is -1.68. The molecule has 1 rings (SSSR count). The van der Waals surface area contributed by atoms with Gasteiger partial charge in [0.25, 0.3) is 5.91 Å². The minimum atomic E-state index is -1.31. The number of rotatable bonds is 9. The molecule has 1 aromatic carbocycles. The van der Waals surface area contributed by atoms with Gasteiger partial charge in [-0.2, -0.15) is 5.10 Å². The first-order valence-corrected chi connectivity index (χ1v) is 8.16. The van der Waals surface area contributed by atoms with E-state index in [0.717, 1.165) is 37.0 Å². The van der Waals surface area contributed by atoms with Crippen molar-refractivity contribution in [2.45, 2.75) is 64.9 Å². The molecule has 0 spiro atoms. The molecule has 122 valence electrons. The van der Waals surface area contributed by atoms with E-state index in [1.54, 1.807) is 0 Å². The minimum absolute atomic E-state index is 0.398. The molecule has 0 saturated carbocycles. The van der Waals surface area contributed by atoms with Gasteiger partial charge in [0.2, 0.25) is 0 Å². The third kappa shape index (κ3) is 5.60. The second-order valence-electron chi connectivity index (χ2n) is 5.74. The van der Waals surface area contributed by atoms with Crippen LogP contribution in [0.5, 0.6) is 0 Å². The van der Waals surface area contributed by atoms with E-state index in [4.69, 9.17) is 0 Å². The second-order valence-corrected chi connectivity index (χ2v) is 5.74. The van der Waals surface area contributed by atoms with Crippen LogP contribution in [0.4, 0.5) is 0 Å². The molecule has 0 aromatic heterocycles. The summed E-state index contributed by atoms with van der Waals surface area (Å²) in [6, 6.07) is 9.66. The van der Waals surface area contributed by atoms with Crippen molar-refractivity contribution < 1.29 is 9.90 Å². The van der Waals surface area contributed by atoms with Gasteiger partial charge in [-0.05, 0) is 25.3 Å². The molecule has 0 aliphatic rings. The molecule has 1 amide bonds. The zero-order valence-electron chi connectivity index (χ0n) is 13.9. The molecule has 2 N–H and O–H groups in total. The van der Waals surface area contributed by atoms with Gasteiger partial charge in [-0.1, -0.05) is 69.9 Å². The van der Waals surface area contributed by atoms with Crippen LogP contribution in [0.1, 0.15) is 64.9 Å². The van der Waals surface area contributed by atoms with Crippen molar-refractivity contribution in [1.82, 2.24) is 5.43 Å². The Kier molecular flexibility index (Phi) is 7.82. The molecule has 1 aromatic rings. The van der Waals surface area contributed by atoms with E-state index in [2.05, 4.69) is 24.4 Å². The van der Waals surface area contributed by atoms with Crippen LogP contribution >= 0.6 is 0 Å². The number of hydrazone groups is 1. The van der Waals surface area contributed by atoms with Gasteiger partial charge in [-0.15, -0.1) is 0 Å². The van der Waals surface area contributed by atoms with E-state index in [1.807, 2.05) is 37.3 Å². The van der Waals surface area contributed by atoms with E-state index in [9.17, 15) is 9.90 Å². The van der Waals surface area contributed by atoms with E-state index >= 15 is 0 Å². The van der Waals surface area contributed by atoms with Crippen molar-refractivity contribution in [3.63, 3.8) is 0 Å². The molecule has 0 aliphatic heterocycles. The molecule has 4 heteroatoms. The number of carbonyl (C=O) groups excluding carboxylic acids is 1. The molecule has 0 bridgehead atoms. The average molecular weight is 304 g/mol. The Labute approximate surface area is 133 Å². The van der Waals surface area contributed by atoms with Gasteiger partial charge >= 0.3 is 0 Å². The second kappa shape index (κ2) is 9.36. The lowest BCUT2D eigenvalue weighted by atomic mass is 9.90. The standard InChI is InChI=1S/C18H28N2O2/c1-4-6-13-18(22,14-7-5-2)17(21)20-19-15(3)16-11-9-8-10-12-16/h8-12,22H,4-7,13-14H2,1-3H3,(H,20,21)/b19-15-. The van der Waals surface area contributed by atoms with Crippen molar-refractivity contribution in [3.8, 4) is 0 Å². The summed E-state index contributed by atoms with van der Waals surface area (Å²) in [7, 11) is 0. The molecule has 22 heavy (non-hydrogen) atoms. The van der Waals surface area contributed by atoms with Gasteiger partial charge in [0.05, 0.1) is 5.71 Å². The largest absolute Gasteiger partial charge is 0.380 e. The van der Waals surface area contributed by atoms with Crippen LogP contribution in [0.15, 0.2) is 35.4 Å². The van der Waals surface area contributed by atoms with Gasteiger partial charge in [-0.3, -0.25) is 4.79 Å². The fourth-order valence-electron chi connectivity index (χ4n) is 2.27. The molecule has 0 heterocycles. The van der Waals surface area contributed by atoms with Crippen LogP contribution in [-0.4, -0.2) is 22.3 Å². The Morgan fingerprint density at radius 2 is 1.68 bits per heavy atom. The van der Waals surface area contributed by atoms with Gasteiger partial charge in [0, 0.05) is 0 Å². The van der Waals surface area contributed by atoms with Crippen molar-refractivity contribution >= 4 is 11.6 Å². The molecule has 0 radical (unpaired) electrons. The van der Waals surface area contributed by atoms with Crippen molar-refractivity contribution in [3.05, 3.63) is 35.9 Å². The maximum absolute atomic E-state index is 12.3. The van der Waals surface area contributed by atoms with Gasteiger partial charge < -0.3 is 5.11 Å². The molecule has 0 unspecified atom stereocenters. The highest BCUT2D eigenvalue weighted by atomic mass is 16.3. The lowest BCUT2D eigenvalue weighted by molar-refractivity contribution is -0.141. The Balaban J connectivity index is 2.73. The third-order valence-electron chi connectivity index (χ3n) is 3.83. The molecule has 0 fully saturated rings. The van der Waals surface area contributed by atoms with Crippen molar-refractivity contribution in [2.24, 2.45) is 5.10 Å². The number of carbonyl (C=O) groups is 1. The normalized spacial score (nSPS) is 12.3. The lowest BCUT2D eigenvalue weighted by Crippen LogP contribution is -2.45. The quantitative estimate of drug-likeness (QED) is 0.540. The number of unbranched alkanes of at least 4 members (excludes halogenated alkanes) is 2. The molecule has 4 nitrogen and oxygen atoms in total. The summed E-state index contributed by atoms with van der Waals surface area (Å²) in [6.45, 7) is 5.94. The number of benzene rings is 1. The van der Waals surface area contributed by atoms with Crippen molar-refractivity contribution in [2.75, 3.05) is 0 Å². The summed E-state index contributed by atoms with van der Waals surface area (Å²) in [5, 5.41) is 14.8. The third-order valence-corrected chi connectivity index (χ3v) is 3.83. The highest BCUT2D eigenvalue weighted by Crippen LogP contribution is 2.22. The van der Waals surface area contributed by atoms with Crippen LogP contribution in [-0.2, 0) is 4.79 Å². The zero-order valence-corrected chi connectivity index (χ0v) is 13.9. The van der Waals surface area contributed by atoms with Gasteiger partial charge in [0.1, 0.15) is 5.60 Å². The Bertz CT molecular complexity index is 475. The zero-order chi connectivity index (χ0) is 16.4. The fourth-order valence-corrected chi connectivity index (χ4v) is 2.27. The molecule has 0 atom stereocenters. The highest BCUT2D eigenvalue weighted by Gasteiger charge is 2.34. The summed E-state index contributed by atoms with van der Waals surface area (Å²) < 4.78 is 0. The summed E-state index contributed by atoms with van der Waals surface area (Å²) in [4.78, 5) is 12.3. The van der Waals surface area contributed by atoms with E-state index in [0.29, 0.717) is 12.8 Å². The van der Waals surface area contributed by atoms with E-state index in [1.165, 1.54) is 0 Å². The minimum Gasteiger partial charge on any atom is -0.380 e. The molecular formula is C18H28N2O2. The summed E-state index contributed by atoms with van der Waals surface area (Å²) in [5.74, 6) is -0.398. The number of nitrogens with one attached hydrogen (secondary N) is 1. The first-order chi connectivity index (χ1) is 10.5. The predicted molar refractivity (Wildman–Crippen MR) is 90.8 cm³/mol. The highest BCUT2D eigenvalue weighted by molar-refractivity contribution is 5.99. The molecule has 0 aliphatic carbocycles. The van der Waals surface area contributed by atoms with E-state index < -0.39 is 11.5 Å². The van der Waals surface area contributed by atoms with Crippen LogP contribution in [0.25, 0.3) is 0 Å². The number of nitrogens with zero attached hydrogens (tertiary/aromatic N) is 1. The fraction of sp³-hybridized carbons (Fsp3) is 0.556. The average Bonchev–Trinajstić information content (AvgIpc) is 2.56. The van der Waals surface area contributed by atoms with Gasteiger partial charge in [0.15, 0.2) is 0 Å². The number of aliphatic hydroxyl groups is 1. The number of amides is 1. The summed E-state index contributed by atoms with van der Waals surface area (Å²) >= 11 is 0. The lowest BCUT2D eigenvalue weighted by Gasteiger charge is -2.25. The number of hydrogen-bond acceptors (Lipinski definition) is 3. The predicted octanol–water partition coefficient (Wildman–Crippen LogP) is 3.64. The van der Waals surface area contributed by atoms with Crippen molar-refractivity contribution in [1.29, 1.82) is 0 Å². The Morgan fingerprint density at radius 3 is 2.18 bits per heavy atom. The van der Waals surface area contributed by atoms with Crippen LogP contribution in [0.3, 0.4) is 0 Å². The molecular weight excluding hydrogens is 276 g/mol. The van der Waals surface area contributed by atoms with E-state index in [-0.39, 0.29) is 0 Å². The smallest absolute Gasteiger partial charge is 0.271 e. The topological polar surface area (TPSA) is 61.7 Å².